The van der Waals surface area contributed by atoms with Gasteiger partial charge in [0.2, 0.25) is 0 Å². The van der Waals surface area contributed by atoms with Crippen LogP contribution in [0.4, 0.5) is 13.2 Å². The largest absolute Gasteiger partial charge is 0.417 e. The van der Waals surface area contributed by atoms with Gasteiger partial charge in [-0.3, -0.25) is 9.30 Å². The third-order valence-corrected chi connectivity index (χ3v) is 8.85. The zero-order valence-electron chi connectivity index (χ0n) is 20.3. The van der Waals surface area contributed by atoms with E-state index in [-0.39, 0.29) is 37.1 Å². The summed E-state index contributed by atoms with van der Waals surface area (Å²) in [5.74, 6) is 0.305. The van der Waals surface area contributed by atoms with Crippen molar-refractivity contribution in [3.63, 3.8) is 0 Å². The van der Waals surface area contributed by atoms with Gasteiger partial charge >= 0.3 is 11.9 Å². The molecule has 3 fully saturated rings. The molecule has 2 aromatic heterocycles. The summed E-state index contributed by atoms with van der Waals surface area (Å²) >= 11 is 0. The van der Waals surface area contributed by atoms with Crippen LogP contribution in [0.3, 0.4) is 0 Å². The Morgan fingerprint density at radius 3 is 2.56 bits per heavy atom. The molecule has 1 aromatic carbocycles. The first-order valence-corrected chi connectivity index (χ1v) is 12.8. The highest BCUT2D eigenvalue weighted by Gasteiger charge is 2.68. The van der Waals surface area contributed by atoms with Gasteiger partial charge < -0.3 is 4.74 Å². The second-order valence-electron chi connectivity index (χ2n) is 10.7. The number of rotatable bonds is 7. The molecule has 2 aliphatic carbocycles. The normalized spacial score (nSPS) is 29.9. The average Bonchev–Trinajstić information content (AvgIpc) is 3.41. The highest BCUT2D eigenvalue weighted by Crippen LogP contribution is 2.60. The number of halogens is 3. The van der Waals surface area contributed by atoms with Crippen LogP contribution in [0.2, 0.25) is 0 Å². The smallest absolute Gasteiger partial charge is 0.361 e. The molecule has 0 N–H and O–H groups in total. The fourth-order valence-electron chi connectivity index (χ4n) is 6.82. The number of hydrogen-bond acceptors (Lipinski definition) is 4. The average molecular weight is 501 g/mol. The molecule has 3 aromatic rings. The van der Waals surface area contributed by atoms with Crippen molar-refractivity contribution in [1.29, 1.82) is 0 Å². The number of nitrogens with zero attached hydrogens (tertiary/aromatic N) is 4. The van der Waals surface area contributed by atoms with Crippen molar-refractivity contribution in [2.45, 2.75) is 76.0 Å². The Morgan fingerprint density at radius 1 is 1.03 bits per heavy atom. The van der Waals surface area contributed by atoms with Gasteiger partial charge in [0, 0.05) is 37.8 Å². The fourth-order valence-corrected chi connectivity index (χ4v) is 6.82. The molecule has 9 heteroatoms. The second-order valence-corrected chi connectivity index (χ2v) is 10.7. The van der Waals surface area contributed by atoms with Gasteiger partial charge in [-0.15, -0.1) is 5.10 Å². The van der Waals surface area contributed by atoms with Crippen LogP contribution in [0.15, 0.2) is 53.5 Å². The van der Waals surface area contributed by atoms with Crippen molar-refractivity contribution in [2.75, 3.05) is 6.54 Å². The third kappa shape index (κ3) is 3.78. The van der Waals surface area contributed by atoms with Gasteiger partial charge in [0.15, 0.2) is 11.2 Å². The fraction of sp³-hybridized carbons (Fsp3) is 0.556. The van der Waals surface area contributed by atoms with Crippen LogP contribution >= 0.6 is 0 Å². The summed E-state index contributed by atoms with van der Waals surface area (Å²) in [7, 11) is 0. The van der Waals surface area contributed by atoms with E-state index in [9.17, 15) is 18.0 Å². The van der Waals surface area contributed by atoms with Crippen LogP contribution in [-0.4, -0.2) is 49.5 Å². The van der Waals surface area contributed by atoms with Gasteiger partial charge in [0.25, 0.3) is 0 Å². The lowest BCUT2D eigenvalue weighted by atomic mass is 9.73. The van der Waals surface area contributed by atoms with E-state index in [2.05, 4.69) is 10.00 Å². The van der Waals surface area contributed by atoms with E-state index in [4.69, 9.17) is 4.74 Å². The van der Waals surface area contributed by atoms with E-state index >= 15 is 0 Å². The second kappa shape index (κ2) is 8.73. The molecule has 0 radical (unpaired) electrons. The highest BCUT2D eigenvalue weighted by atomic mass is 19.4. The Kier molecular flexibility index (Phi) is 5.75. The van der Waals surface area contributed by atoms with Crippen LogP contribution in [0, 0.1) is 18.8 Å². The zero-order chi connectivity index (χ0) is 25.1. The van der Waals surface area contributed by atoms with E-state index in [0.717, 1.165) is 24.0 Å². The molecule has 3 heterocycles. The molecule has 0 spiro atoms. The van der Waals surface area contributed by atoms with E-state index in [1.807, 2.05) is 37.3 Å². The summed E-state index contributed by atoms with van der Waals surface area (Å²) < 4.78 is 52.4. The van der Waals surface area contributed by atoms with Crippen LogP contribution < -0.4 is 5.69 Å². The van der Waals surface area contributed by atoms with E-state index in [0.29, 0.717) is 37.1 Å². The monoisotopic (exact) mass is 500 g/mol. The summed E-state index contributed by atoms with van der Waals surface area (Å²) in [5.41, 5.74) is 0.0415. The third-order valence-electron chi connectivity index (χ3n) is 8.85. The van der Waals surface area contributed by atoms with E-state index < -0.39 is 11.8 Å². The predicted molar refractivity (Wildman–Crippen MR) is 129 cm³/mol. The minimum Gasteiger partial charge on any atom is -0.361 e. The molecule has 6 nitrogen and oxygen atoms in total. The molecule has 4 unspecified atom stereocenters. The lowest BCUT2D eigenvalue weighted by molar-refractivity contribution is -0.283. The summed E-state index contributed by atoms with van der Waals surface area (Å²) in [6.07, 6.45) is -0.0223. The molecule has 2 saturated carbocycles. The molecule has 1 saturated heterocycles. The van der Waals surface area contributed by atoms with Gasteiger partial charge in [-0.25, -0.2) is 9.48 Å². The maximum Gasteiger partial charge on any atom is 0.417 e. The number of alkyl halides is 3. The van der Waals surface area contributed by atoms with Crippen molar-refractivity contribution in [3.8, 4) is 0 Å². The topological polar surface area (TPSA) is 51.8 Å². The van der Waals surface area contributed by atoms with Crippen molar-refractivity contribution in [3.05, 3.63) is 70.3 Å². The first kappa shape index (κ1) is 23.7. The number of ether oxygens (including phenoxy) is 1. The van der Waals surface area contributed by atoms with Crippen molar-refractivity contribution in [2.24, 2.45) is 11.8 Å². The molecule has 5 atom stereocenters. The molecular weight excluding hydrogens is 469 g/mol. The van der Waals surface area contributed by atoms with Gasteiger partial charge in [0.05, 0.1) is 6.61 Å². The number of likely N-dealkylation sites (tertiary alicyclic amines) is 1. The van der Waals surface area contributed by atoms with Crippen molar-refractivity contribution < 1.29 is 17.9 Å². The quantitative estimate of drug-likeness (QED) is 0.477. The molecule has 1 aliphatic heterocycles. The summed E-state index contributed by atoms with van der Waals surface area (Å²) in [5, 5.41) is 4.39. The van der Waals surface area contributed by atoms with E-state index in [1.54, 1.807) is 18.3 Å². The molecule has 3 aliphatic rings. The van der Waals surface area contributed by atoms with Gasteiger partial charge in [-0.05, 0) is 67.7 Å². The van der Waals surface area contributed by atoms with Gasteiger partial charge in [-0.2, -0.15) is 13.2 Å². The highest BCUT2D eigenvalue weighted by molar-refractivity contribution is 5.35. The lowest BCUT2D eigenvalue weighted by Gasteiger charge is -2.41. The van der Waals surface area contributed by atoms with E-state index in [1.165, 1.54) is 9.08 Å². The molecule has 6 rings (SSSR count). The van der Waals surface area contributed by atoms with Gasteiger partial charge in [-0.1, -0.05) is 30.3 Å². The minimum absolute atomic E-state index is 0.000150. The number of aryl methyl sites for hydroxylation is 2. The van der Waals surface area contributed by atoms with Crippen LogP contribution in [0.1, 0.15) is 43.2 Å². The number of hydrogen-bond donors (Lipinski definition) is 0. The standard InChI is InChI=1S/C27H31F3N4O2/c1-18-7-2-3-8-19(18)17-36-26(27(28,29)30)15-21-20-10-11-22(20)32(23(21)16-26)13-6-14-34-25(35)33-12-5-4-9-24(33)31-34/h2-5,7-9,12,20-23H,6,10-11,13-17H2,1H3/t20?,21?,22?,23-,26?/m0/s1. The molecular formula is C27H31F3N4O2. The Balaban J connectivity index is 1.17. The van der Waals surface area contributed by atoms with Crippen molar-refractivity contribution in [1.82, 2.24) is 19.1 Å². The molecule has 36 heavy (non-hydrogen) atoms. The maximum absolute atomic E-state index is 14.5. The molecule has 0 amide bonds. The Hall–Kier alpha value is -2.65. The predicted octanol–water partition coefficient (Wildman–Crippen LogP) is 4.59. The van der Waals surface area contributed by atoms with Crippen LogP contribution in [0.25, 0.3) is 5.65 Å². The molecule has 0 bridgehead atoms. The number of fused-ring (bicyclic) bond motifs is 4. The number of pyridine rings is 1. The van der Waals surface area contributed by atoms with Crippen LogP contribution in [0.5, 0.6) is 0 Å². The first-order chi connectivity index (χ1) is 17.3. The lowest BCUT2D eigenvalue weighted by Crippen LogP contribution is -2.50. The summed E-state index contributed by atoms with van der Waals surface area (Å²) in [6.45, 7) is 2.97. The van der Waals surface area contributed by atoms with Gasteiger partial charge in [0.1, 0.15) is 0 Å². The van der Waals surface area contributed by atoms with Crippen molar-refractivity contribution >= 4 is 5.65 Å². The minimum atomic E-state index is -4.42. The summed E-state index contributed by atoms with van der Waals surface area (Å²) in [6, 6.07) is 13.1. The Morgan fingerprint density at radius 2 is 1.83 bits per heavy atom. The van der Waals surface area contributed by atoms with Crippen LogP contribution in [-0.2, 0) is 17.9 Å². The number of aromatic nitrogens is 3. The SMILES string of the molecule is Cc1ccccc1COC1(C(F)(F)F)CC2C3CCC3N(CCCn3nc4ccccn4c3=O)[C@H]2C1. The Labute approximate surface area is 207 Å². The summed E-state index contributed by atoms with van der Waals surface area (Å²) in [4.78, 5) is 14.9. The molecule has 192 valence electrons. The Bertz CT molecular complexity index is 1320. The zero-order valence-corrected chi connectivity index (χ0v) is 20.3. The number of benzene rings is 1. The first-order valence-electron chi connectivity index (χ1n) is 12.8. The maximum atomic E-state index is 14.5.